The fraction of sp³-hybridized carbons (Fsp3) is 0.217. The van der Waals surface area contributed by atoms with Crippen LogP contribution in [0.25, 0.3) is 10.2 Å². The number of nitrogens with zero attached hydrogens (tertiary/aromatic N) is 2. The lowest BCUT2D eigenvalue weighted by molar-refractivity contribution is -0.138. The summed E-state index contributed by atoms with van der Waals surface area (Å²) in [5, 5.41) is 3.02. The van der Waals surface area contributed by atoms with Crippen LogP contribution >= 0.6 is 22.7 Å². The molecule has 1 aliphatic heterocycles. The Bertz CT molecular complexity index is 1100. The standard InChI is InChI=1S/C23H20N2O2S2/c26-22(15-27-14-21-24-18-8-4-5-9-20(18)29-21)25-12-10-19-17(11-13-28-19)23(25)16-6-2-1-3-7-16/h1-9,11,13,23H,10,12,14-15H2/t23-/m0/s1. The van der Waals surface area contributed by atoms with E-state index in [-0.39, 0.29) is 18.6 Å². The monoisotopic (exact) mass is 420 g/mol. The molecule has 0 unspecified atom stereocenters. The van der Waals surface area contributed by atoms with Gasteiger partial charge >= 0.3 is 0 Å². The van der Waals surface area contributed by atoms with Gasteiger partial charge in [-0.05, 0) is 41.1 Å². The highest BCUT2D eigenvalue weighted by molar-refractivity contribution is 7.18. The molecule has 29 heavy (non-hydrogen) atoms. The molecule has 6 heteroatoms. The average Bonchev–Trinajstić information content (AvgIpc) is 3.40. The van der Waals surface area contributed by atoms with Crippen LogP contribution in [0.15, 0.2) is 66.0 Å². The maximum absolute atomic E-state index is 13.1. The van der Waals surface area contributed by atoms with Crippen LogP contribution in [0, 0.1) is 0 Å². The van der Waals surface area contributed by atoms with Crippen molar-refractivity contribution in [3.63, 3.8) is 0 Å². The minimum absolute atomic E-state index is 0.0248. The third-order valence-corrected chi connectivity index (χ3v) is 7.20. The molecule has 0 bridgehead atoms. The molecular formula is C23H20N2O2S2. The first kappa shape index (κ1) is 18.5. The molecule has 1 atom stereocenters. The Kier molecular flexibility index (Phi) is 5.14. The van der Waals surface area contributed by atoms with Gasteiger partial charge in [0.25, 0.3) is 0 Å². The highest BCUT2D eigenvalue weighted by Gasteiger charge is 2.32. The number of hydrogen-bond acceptors (Lipinski definition) is 5. The minimum atomic E-state index is -0.0373. The molecule has 2 aromatic carbocycles. The van der Waals surface area contributed by atoms with E-state index in [0.29, 0.717) is 6.61 Å². The first-order chi connectivity index (χ1) is 14.3. The van der Waals surface area contributed by atoms with E-state index in [1.54, 1.807) is 22.7 Å². The van der Waals surface area contributed by atoms with E-state index in [1.807, 2.05) is 41.3 Å². The van der Waals surface area contributed by atoms with Gasteiger partial charge in [0.2, 0.25) is 5.91 Å². The van der Waals surface area contributed by atoms with Crippen LogP contribution in [0.3, 0.4) is 0 Å². The first-order valence-electron chi connectivity index (χ1n) is 9.62. The van der Waals surface area contributed by atoms with Crippen molar-refractivity contribution in [3.8, 4) is 0 Å². The molecule has 3 heterocycles. The molecule has 4 nitrogen and oxygen atoms in total. The fourth-order valence-electron chi connectivity index (χ4n) is 3.87. The summed E-state index contributed by atoms with van der Waals surface area (Å²) in [6.07, 6.45) is 0.903. The Balaban J connectivity index is 1.30. The number of para-hydroxylation sites is 1. The maximum atomic E-state index is 13.1. The molecule has 0 saturated carbocycles. The number of fused-ring (bicyclic) bond motifs is 2. The molecule has 0 spiro atoms. The zero-order valence-electron chi connectivity index (χ0n) is 15.8. The number of amides is 1. The van der Waals surface area contributed by atoms with Crippen molar-refractivity contribution in [2.75, 3.05) is 13.2 Å². The van der Waals surface area contributed by atoms with Crippen molar-refractivity contribution >= 4 is 38.8 Å². The number of benzene rings is 2. The van der Waals surface area contributed by atoms with Crippen LogP contribution in [-0.2, 0) is 22.6 Å². The third-order valence-electron chi connectivity index (χ3n) is 5.19. The van der Waals surface area contributed by atoms with Crippen molar-refractivity contribution in [1.29, 1.82) is 0 Å². The number of rotatable bonds is 5. The number of aromatic nitrogens is 1. The number of carbonyl (C=O) groups is 1. The van der Waals surface area contributed by atoms with Gasteiger partial charge in [-0.1, -0.05) is 42.5 Å². The second-order valence-electron chi connectivity index (χ2n) is 7.02. The number of thiophene rings is 1. The topological polar surface area (TPSA) is 42.4 Å². The predicted octanol–water partition coefficient (Wildman–Crippen LogP) is 5.05. The lowest BCUT2D eigenvalue weighted by Crippen LogP contribution is -2.41. The molecule has 0 fully saturated rings. The van der Waals surface area contributed by atoms with E-state index >= 15 is 0 Å². The van der Waals surface area contributed by atoms with Crippen molar-refractivity contribution in [2.45, 2.75) is 19.1 Å². The summed E-state index contributed by atoms with van der Waals surface area (Å²) in [6.45, 7) is 1.15. The molecule has 1 aliphatic rings. The first-order valence-corrected chi connectivity index (χ1v) is 11.3. The van der Waals surface area contributed by atoms with Gasteiger partial charge in [0, 0.05) is 11.4 Å². The Morgan fingerprint density at radius 2 is 1.93 bits per heavy atom. The fourth-order valence-corrected chi connectivity index (χ4v) is 5.68. The third kappa shape index (κ3) is 3.71. The second kappa shape index (κ2) is 8.06. The summed E-state index contributed by atoms with van der Waals surface area (Å²) in [5.41, 5.74) is 3.37. The minimum Gasteiger partial charge on any atom is -0.364 e. The molecule has 146 valence electrons. The van der Waals surface area contributed by atoms with Crippen molar-refractivity contribution in [3.05, 3.63) is 87.1 Å². The summed E-state index contributed by atoms with van der Waals surface area (Å²) < 4.78 is 6.92. The van der Waals surface area contributed by atoms with Gasteiger partial charge in [0.15, 0.2) is 0 Å². The number of thiazole rings is 1. The lowest BCUT2D eigenvalue weighted by atomic mass is 9.93. The van der Waals surface area contributed by atoms with Gasteiger partial charge in [-0.2, -0.15) is 0 Å². The van der Waals surface area contributed by atoms with Gasteiger partial charge in [0.05, 0.1) is 22.9 Å². The van der Waals surface area contributed by atoms with E-state index in [4.69, 9.17) is 4.74 Å². The zero-order chi connectivity index (χ0) is 19.6. The molecule has 2 aromatic heterocycles. The zero-order valence-corrected chi connectivity index (χ0v) is 17.4. The number of ether oxygens (including phenoxy) is 1. The SMILES string of the molecule is O=C(COCc1nc2ccccc2s1)N1CCc2sccc2[C@@H]1c1ccccc1. The quantitative estimate of drug-likeness (QED) is 0.454. The largest absolute Gasteiger partial charge is 0.364 e. The maximum Gasteiger partial charge on any atom is 0.249 e. The molecule has 0 radical (unpaired) electrons. The molecule has 4 aromatic rings. The smallest absolute Gasteiger partial charge is 0.249 e. The molecule has 5 rings (SSSR count). The normalized spacial score (nSPS) is 16.1. The highest BCUT2D eigenvalue weighted by Crippen LogP contribution is 2.37. The number of hydrogen-bond donors (Lipinski definition) is 0. The van der Waals surface area contributed by atoms with Crippen LogP contribution in [0.2, 0.25) is 0 Å². The predicted molar refractivity (Wildman–Crippen MR) is 117 cm³/mol. The van der Waals surface area contributed by atoms with Gasteiger partial charge in [-0.15, -0.1) is 22.7 Å². The highest BCUT2D eigenvalue weighted by atomic mass is 32.1. The van der Waals surface area contributed by atoms with Crippen LogP contribution in [0.4, 0.5) is 0 Å². The summed E-state index contributed by atoms with van der Waals surface area (Å²) in [7, 11) is 0. The molecule has 1 amide bonds. The van der Waals surface area contributed by atoms with Gasteiger partial charge < -0.3 is 9.64 Å². The Morgan fingerprint density at radius 3 is 2.79 bits per heavy atom. The summed E-state index contributed by atoms with van der Waals surface area (Å²) >= 11 is 3.39. The summed E-state index contributed by atoms with van der Waals surface area (Å²) in [6, 6.07) is 20.4. The van der Waals surface area contributed by atoms with Gasteiger partial charge in [0.1, 0.15) is 11.6 Å². The van der Waals surface area contributed by atoms with Crippen LogP contribution in [0.5, 0.6) is 0 Å². The summed E-state index contributed by atoms with van der Waals surface area (Å²) in [5.74, 6) is 0.0248. The van der Waals surface area contributed by atoms with Crippen molar-refractivity contribution < 1.29 is 9.53 Å². The Labute approximate surface area is 177 Å². The second-order valence-corrected chi connectivity index (χ2v) is 9.13. The van der Waals surface area contributed by atoms with E-state index in [1.165, 1.54) is 10.4 Å². The molecule has 0 aliphatic carbocycles. The van der Waals surface area contributed by atoms with Crippen molar-refractivity contribution in [2.24, 2.45) is 0 Å². The van der Waals surface area contributed by atoms with Crippen LogP contribution in [0.1, 0.15) is 27.1 Å². The average molecular weight is 421 g/mol. The van der Waals surface area contributed by atoms with E-state index in [9.17, 15) is 4.79 Å². The van der Waals surface area contributed by atoms with Gasteiger partial charge in [-0.25, -0.2) is 4.98 Å². The Hall–Kier alpha value is -2.54. The van der Waals surface area contributed by atoms with Crippen molar-refractivity contribution in [1.82, 2.24) is 9.88 Å². The van der Waals surface area contributed by atoms with Gasteiger partial charge in [-0.3, -0.25) is 4.79 Å². The molecule has 0 N–H and O–H groups in total. The van der Waals surface area contributed by atoms with Crippen LogP contribution in [-0.4, -0.2) is 28.9 Å². The summed E-state index contributed by atoms with van der Waals surface area (Å²) in [4.78, 5) is 21.0. The van der Waals surface area contributed by atoms with Crippen LogP contribution < -0.4 is 0 Å². The lowest BCUT2D eigenvalue weighted by Gasteiger charge is -2.36. The molecular weight excluding hydrogens is 400 g/mol. The van der Waals surface area contributed by atoms with E-state index in [0.717, 1.165) is 33.8 Å². The number of carbonyl (C=O) groups excluding carboxylic acids is 1. The Morgan fingerprint density at radius 1 is 1.10 bits per heavy atom. The molecule has 0 saturated heterocycles. The van der Waals surface area contributed by atoms with E-state index < -0.39 is 0 Å². The van der Waals surface area contributed by atoms with E-state index in [2.05, 4.69) is 34.6 Å².